The van der Waals surface area contributed by atoms with E-state index in [1.54, 1.807) is 0 Å². The molecule has 29 heavy (non-hydrogen) atoms. The van der Waals surface area contributed by atoms with E-state index in [1.165, 1.54) is 32.1 Å². The standard InChI is InChI=1S/C21H28N2O6/c1-2-3-4-5-6-7-14-27-18-10-8-17(9-11-18)16-28-22-15-21(26)29-23-19(24)12-13-20(23)25/h8-11,15H,2-7,12-14,16H2,1H3. The van der Waals surface area contributed by atoms with Crippen LogP contribution < -0.4 is 4.74 Å². The monoisotopic (exact) mass is 404 g/mol. The number of oxime groups is 1. The molecule has 8 nitrogen and oxygen atoms in total. The highest BCUT2D eigenvalue weighted by molar-refractivity contribution is 6.23. The van der Waals surface area contributed by atoms with Gasteiger partial charge < -0.3 is 14.4 Å². The molecule has 158 valence electrons. The molecule has 1 fully saturated rings. The van der Waals surface area contributed by atoms with Crippen molar-refractivity contribution in [1.82, 2.24) is 5.06 Å². The van der Waals surface area contributed by atoms with Crippen molar-refractivity contribution in [2.24, 2.45) is 5.16 Å². The number of benzene rings is 1. The van der Waals surface area contributed by atoms with Crippen LogP contribution in [0.2, 0.25) is 0 Å². The van der Waals surface area contributed by atoms with E-state index in [4.69, 9.17) is 9.57 Å². The maximum absolute atomic E-state index is 11.5. The molecular weight excluding hydrogens is 376 g/mol. The number of unbranched alkanes of at least 4 members (excludes halogenated alkanes) is 5. The maximum atomic E-state index is 11.5. The van der Waals surface area contributed by atoms with Gasteiger partial charge in [0.05, 0.1) is 6.61 Å². The number of rotatable bonds is 13. The number of carbonyl (C=O) groups excluding carboxylic acids is 3. The predicted octanol–water partition coefficient (Wildman–Crippen LogP) is 3.54. The summed E-state index contributed by atoms with van der Waals surface area (Å²) in [6.07, 6.45) is 8.19. The fourth-order valence-corrected chi connectivity index (χ4v) is 2.72. The Morgan fingerprint density at radius 2 is 1.69 bits per heavy atom. The minimum absolute atomic E-state index is 0.0401. The van der Waals surface area contributed by atoms with Crippen LogP contribution in [0.25, 0.3) is 0 Å². The van der Waals surface area contributed by atoms with Gasteiger partial charge >= 0.3 is 5.97 Å². The Kier molecular flexibility index (Phi) is 9.68. The summed E-state index contributed by atoms with van der Waals surface area (Å²) < 4.78 is 5.71. The highest BCUT2D eigenvalue weighted by Crippen LogP contribution is 2.14. The van der Waals surface area contributed by atoms with E-state index in [0.717, 1.165) is 23.9 Å². The normalized spacial score (nSPS) is 13.9. The average Bonchev–Trinajstić information content (AvgIpc) is 3.03. The van der Waals surface area contributed by atoms with Crippen molar-refractivity contribution in [2.75, 3.05) is 6.61 Å². The van der Waals surface area contributed by atoms with Crippen molar-refractivity contribution < 1.29 is 28.8 Å². The highest BCUT2D eigenvalue weighted by atomic mass is 16.7. The second-order valence-corrected chi connectivity index (χ2v) is 6.76. The van der Waals surface area contributed by atoms with Gasteiger partial charge in [-0.1, -0.05) is 56.3 Å². The Morgan fingerprint density at radius 1 is 1.03 bits per heavy atom. The zero-order chi connectivity index (χ0) is 20.9. The van der Waals surface area contributed by atoms with Gasteiger partial charge in [-0.05, 0) is 24.1 Å². The van der Waals surface area contributed by atoms with E-state index in [1.807, 2.05) is 24.3 Å². The minimum Gasteiger partial charge on any atom is -0.494 e. The molecule has 1 saturated heterocycles. The first-order valence-corrected chi connectivity index (χ1v) is 10.0. The molecule has 0 N–H and O–H groups in total. The van der Waals surface area contributed by atoms with E-state index < -0.39 is 17.8 Å². The molecule has 1 aliphatic rings. The van der Waals surface area contributed by atoms with Gasteiger partial charge in [0.1, 0.15) is 12.4 Å². The van der Waals surface area contributed by atoms with Gasteiger partial charge in [0, 0.05) is 12.8 Å². The summed E-state index contributed by atoms with van der Waals surface area (Å²) >= 11 is 0. The summed E-state index contributed by atoms with van der Waals surface area (Å²) in [5.41, 5.74) is 0.854. The van der Waals surface area contributed by atoms with Crippen LogP contribution in [-0.4, -0.2) is 35.7 Å². The Morgan fingerprint density at radius 3 is 2.38 bits per heavy atom. The molecule has 0 aliphatic carbocycles. The Balaban J connectivity index is 1.60. The molecule has 8 heteroatoms. The summed E-state index contributed by atoms with van der Waals surface area (Å²) in [4.78, 5) is 43.9. The van der Waals surface area contributed by atoms with Gasteiger partial charge in [-0.15, -0.1) is 5.06 Å². The lowest BCUT2D eigenvalue weighted by Crippen LogP contribution is -2.32. The van der Waals surface area contributed by atoms with Crippen LogP contribution in [0.1, 0.15) is 63.9 Å². The Hall–Kier alpha value is -2.90. The topological polar surface area (TPSA) is 94.5 Å². The number of hydroxylamine groups is 2. The van der Waals surface area contributed by atoms with E-state index in [2.05, 4.69) is 16.9 Å². The van der Waals surface area contributed by atoms with Crippen LogP contribution in [0.5, 0.6) is 5.75 Å². The van der Waals surface area contributed by atoms with Crippen LogP contribution in [0, 0.1) is 0 Å². The van der Waals surface area contributed by atoms with Gasteiger partial charge in [-0.3, -0.25) is 9.59 Å². The first-order valence-electron chi connectivity index (χ1n) is 10.0. The fraction of sp³-hybridized carbons (Fsp3) is 0.524. The molecule has 1 aliphatic heterocycles. The Labute approximate surface area is 170 Å². The second kappa shape index (κ2) is 12.5. The van der Waals surface area contributed by atoms with Crippen LogP contribution >= 0.6 is 0 Å². The van der Waals surface area contributed by atoms with Crippen molar-refractivity contribution >= 4 is 24.0 Å². The van der Waals surface area contributed by atoms with Crippen LogP contribution in [0.3, 0.4) is 0 Å². The van der Waals surface area contributed by atoms with Crippen LogP contribution in [-0.2, 0) is 30.7 Å². The predicted molar refractivity (Wildman–Crippen MR) is 106 cm³/mol. The molecule has 0 bridgehead atoms. The zero-order valence-corrected chi connectivity index (χ0v) is 16.8. The summed E-state index contributed by atoms with van der Waals surface area (Å²) in [6, 6.07) is 7.43. The minimum atomic E-state index is -0.952. The smallest absolute Gasteiger partial charge is 0.378 e. The molecule has 0 saturated carbocycles. The number of hydrogen-bond donors (Lipinski definition) is 0. The second-order valence-electron chi connectivity index (χ2n) is 6.76. The number of ether oxygens (including phenoxy) is 1. The van der Waals surface area contributed by atoms with Crippen LogP contribution in [0.4, 0.5) is 0 Å². The van der Waals surface area contributed by atoms with E-state index in [-0.39, 0.29) is 19.4 Å². The van der Waals surface area contributed by atoms with E-state index >= 15 is 0 Å². The first-order chi connectivity index (χ1) is 14.1. The third kappa shape index (κ3) is 8.33. The summed E-state index contributed by atoms with van der Waals surface area (Å²) in [6.45, 7) is 3.07. The summed E-state index contributed by atoms with van der Waals surface area (Å²) in [5.74, 6) is -1.24. The molecular formula is C21H28N2O6. The van der Waals surface area contributed by atoms with E-state index in [0.29, 0.717) is 11.7 Å². The molecule has 1 heterocycles. The molecule has 2 rings (SSSR count). The van der Waals surface area contributed by atoms with Gasteiger partial charge in [-0.25, -0.2) is 4.79 Å². The van der Waals surface area contributed by atoms with Crippen molar-refractivity contribution in [3.05, 3.63) is 29.8 Å². The fourth-order valence-electron chi connectivity index (χ4n) is 2.72. The molecule has 0 atom stereocenters. The van der Waals surface area contributed by atoms with Gasteiger partial charge in [0.25, 0.3) is 11.8 Å². The van der Waals surface area contributed by atoms with Crippen molar-refractivity contribution in [3.8, 4) is 5.75 Å². The molecule has 1 aromatic rings. The number of carbonyl (C=O) groups is 3. The zero-order valence-electron chi connectivity index (χ0n) is 16.8. The van der Waals surface area contributed by atoms with Gasteiger partial charge in [0.15, 0.2) is 6.21 Å². The molecule has 2 amide bonds. The Bertz CT molecular complexity index is 686. The first kappa shape index (κ1) is 22.4. The van der Waals surface area contributed by atoms with Crippen molar-refractivity contribution in [1.29, 1.82) is 0 Å². The number of nitrogens with zero attached hydrogens (tertiary/aromatic N) is 2. The maximum Gasteiger partial charge on any atom is 0.378 e. The quantitative estimate of drug-likeness (QED) is 0.216. The number of imide groups is 1. The molecule has 0 unspecified atom stereocenters. The third-order valence-electron chi connectivity index (χ3n) is 4.34. The molecule has 0 radical (unpaired) electrons. The van der Waals surface area contributed by atoms with Crippen molar-refractivity contribution in [2.45, 2.75) is 64.9 Å². The largest absolute Gasteiger partial charge is 0.494 e. The highest BCUT2D eigenvalue weighted by Gasteiger charge is 2.32. The van der Waals surface area contributed by atoms with Gasteiger partial charge in [0.2, 0.25) is 0 Å². The molecule has 0 spiro atoms. The van der Waals surface area contributed by atoms with Crippen LogP contribution in [0.15, 0.2) is 29.4 Å². The number of amides is 2. The van der Waals surface area contributed by atoms with Gasteiger partial charge in [-0.2, -0.15) is 0 Å². The summed E-state index contributed by atoms with van der Waals surface area (Å²) in [5, 5.41) is 3.95. The molecule has 1 aromatic carbocycles. The van der Waals surface area contributed by atoms with Crippen molar-refractivity contribution in [3.63, 3.8) is 0 Å². The summed E-state index contributed by atoms with van der Waals surface area (Å²) in [7, 11) is 0. The lowest BCUT2D eigenvalue weighted by molar-refractivity contribution is -0.192. The lowest BCUT2D eigenvalue weighted by Gasteiger charge is -2.10. The lowest BCUT2D eigenvalue weighted by atomic mass is 10.1. The average molecular weight is 404 g/mol. The molecule has 0 aromatic heterocycles. The SMILES string of the molecule is CCCCCCCCOc1ccc(CON=CC(=O)ON2C(=O)CCC2=O)cc1. The van der Waals surface area contributed by atoms with E-state index in [9.17, 15) is 14.4 Å². The third-order valence-corrected chi connectivity index (χ3v) is 4.34. The number of hydrogen-bond acceptors (Lipinski definition) is 7.